The van der Waals surface area contributed by atoms with Crippen LogP contribution in [0.5, 0.6) is 0 Å². The Kier molecular flexibility index (Phi) is 2.97. The first-order valence-corrected chi connectivity index (χ1v) is 6.29. The number of ether oxygens (including phenoxy) is 2. The van der Waals surface area contributed by atoms with E-state index in [9.17, 15) is 0 Å². The molecule has 0 saturated carbocycles. The summed E-state index contributed by atoms with van der Waals surface area (Å²) >= 11 is 0. The van der Waals surface area contributed by atoms with Crippen LogP contribution < -0.4 is 0 Å². The van der Waals surface area contributed by atoms with Crippen molar-refractivity contribution in [1.29, 1.82) is 0 Å². The van der Waals surface area contributed by atoms with E-state index in [4.69, 9.17) is 9.47 Å². The average molecular weight is 252 g/mol. The monoisotopic (exact) mass is 252 g/mol. The van der Waals surface area contributed by atoms with Crippen LogP contribution in [-0.2, 0) is 15.3 Å². The molecule has 2 nitrogen and oxygen atoms in total. The minimum Gasteiger partial charge on any atom is -0.346 e. The first-order chi connectivity index (χ1) is 9.31. The van der Waals surface area contributed by atoms with Gasteiger partial charge in [-0.1, -0.05) is 54.6 Å². The van der Waals surface area contributed by atoms with E-state index in [1.165, 1.54) is 0 Å². The van der Waals surface area contributed by atoms with Crippen molar-refractivity contribution in [3.05, 3.63) is 71.3 Å². The van der Waals surface area contributed by atoms with Gasteiger partial charge in [0.2, 0.25) is 5.79 Å². The molecular weight excluding hydrogens is 236 g/mol. The van der Waals surface area contributed by atoms with Gasteiger partial charge in [-0.25, -0.2) is 0 Å². The van der Waals surface area contributed by atoms with Gasteiger partial charge >= 0.3 is 0 Å². The quantitative estimate of drug-likeness (QED) is 0.776. The summed E-state index contributed by atoms with van der Waals surface area (Å²) in [5, 5.41) is 0. The molecule has 2 aromatic carbocycles. The van der Waals surface area contributed by atoms with Crippen LogP contribution in [0.3, 0.4) is 0 Å². The SMILES string of the molecule is COC1(OC)C(c2ccccc2)=Cc2ccccc21. The first-order valence-electron chi connectivity index (χ1n) is 6.29. The third-order valence-corrected chi connectivity index (χ3v) is 3.63. The molecule has 0 heterocycles. The highest BCUT2D eigenvalue weighted by atomic mass is 16.7. The maximum atomic E-state index is 5.75. The van der Waals surface area contributed by atoms with Crippen LogP contribution in [-0.4, -0.2) is 14.2 Å². The van der Waals surface area contributed by atoms with Gasteiger partial charge in [-0.3, -0.25) is 0 Å². The van der Waals surface area contributed by atoms with Gasteiger partial charge < -0.3 is 9.47 Å². The van der Waals surface area contributed by atoms with Gasteiger partial charge in [-0.2, -0.15) is 0 Å². The molecule has 0 N–H and O–H groups in total. The van der Waals surface area contributed by atoms with E-state index in [2.05, 4.69) is 30.3 Å². The highest BCUT2D eigenvalue weighted by Gasteiger charge is 2.42. The zero-order valence-electron chi connectivity index (χ0n) is 11.1. The van der Waals surface area contributed by atoms with Crippen LogP contribution in [0.25, 0.3) is 11.6 Å². The molecule has 0 aromatic heterocycles. The second-order valence-electron chi connectivity index (χ2n) is 4.54. The summed E-state index contributed by atoms with van der Waals surface area (Å²) in [6.07, 6.45) is 2.14. The van der Waals surface area contributed by atoms with Crippen molar-refractivity contribution >= 4 is 11.6 Å². The molecule has 0 spiro atoms. The standard InChI is InChI=1S/C17H16O2/c1-18-17(19-2)15-11-7-6-10-14(15)12-16(17)13-8-4-3-5-9-13/h3-12H,1-2H3. The summed E-state index contributed by atoms with van der Waals surface area (Å²) in [4.78, 5) is 0. The highest BCUT2D eigenvalue weighted by Crippen LogP contribution is 2.47. The molecule has 0 saturated heterocycles. The maximum absolute atomic E-state index is 5.75. The predicted molar refractivity (Wildman–Crippen MR) is 76.5 cm³/mol. The van der Waals surface area contributed by atoms with Crippen molar-refractivity contribution in [3.63, 3.8) is 0 Å². The van der Waals surface area contributed by atoms with Crippen molar-refractivity contribution in [2.24, 2.45) is 0 Å². The van der Waals surface area contributed by atoms with Crippen LogP contribution in [0.1, 0.15) is 16.7 Å². The molecule has 96 valence electrons. The summed E-state index contributed by atoms with van der Waals surface area (Å²) in [5.41, 5.74) is 4.35. The van der Waals surface area contributed by atoms with Crippen molar-refractivity contribution in [3.8, 4) is 0 Å². The largest absolute Gasteiger partial charge is 0.346 e. The molecule has 2 aromatic rings. The molecule has 0 fully saturated rings. The van der Waals surface area contributed by atoms with Crippen LogP contribution in [0.15, 0.2) is 54.6 Å². The van der Waals surface area contributed by atoms with Crippen LogP contribution >= 0.6 is 0 Å². The summed E-state index contributed by atoms with van der Waals surface area (Å²) in [7, 11) is 3.37. The van der Waals surface area contributed by atoms with Crippen LogP contribution in [0, 0.1) is 0 Å². The molecule has 1 aliphatic carbocycles. The molecule has 19 heavy (non-hydrogen) atoms. The van der Waals surface area contributed by atoms with Crippen molar-refractivity contribution in [2.75, 3.05) is 14.2 Å². The minimum atomic E-state index is -0.808. The van der Waals surface area contributed by atoms with Crippen LogP contribution in [0.2, 0.25) is 0 Å². The molecule has 0 amide bonds. The van der Waals surface area contributed by atoms with Gasteiger partial charge in [-0.15, -0.1) is 0 Å². The predicted octanol–water partition coefficient (Wildman–Crippen LogP) is 3.69. The molecule has 0 atom stereocenters. The molecule has 1 aliphatic rings. The summed E-state index contributed by atoms with van der Waals surface area (Å²) in [5.74, 6) is -0.808. The maximum Gasteiger partial charge on any atom is 0.223 e. The van der Waals surface area contributed by atoms with Gasteiger partial charge in [0.05, 0.1) is 0 Å². The molecule has 3 rings (SSSR count). The third kappa shape index (κ3) is 1.72. The van der Waals surface area contributed by atoms with Crippen molar-refractivity contribution in [2.45, 2.75) is 5.79 Å². The van der Waals surface area contributed by atoms with Gasteiger partial charge in [0.25, 0.3) is 0 Å². The van der Waals surface area contributed by atoms with Gasteiger partial charge in [0.1, 0.15) is 0 Å². The van der Waals surface area contributed by atoms with Crippen molar-refractivity contribution < 1.29 is 9.47 Å². The first kappa shape index (κ1) is 12.2. The van der Waals surface area contributed by atoms with E-state index >= 15 is 0 Å². The Labute approximate surface area is 113 Å². The lowest BCUT2D eigenvalue weighted by Crippen LogP contribution is -2.30. The third-order valence-electron chi connectivity index (χ3n) is 3.63. The summed E-state index contributed by atoms with van der Waals surface area (Å²) in [6, 6.07) is 18.4. The topological polar surface area (TPSA) is 18.5 Å². The Bertz CT molecular complexity index is 610. The fourth-order valence-corrected chi connectivity index (χ4v) is 2.73. The molecule has 0 radical (unpaired) electrons. The fraction of sp³-hybridized carbons (Fsp3) is 0.176. The molecule has 2 heteroatoms. The molecule has 0 aliphatic heterocycles. The minimum absolute atomic E-state index is 0.808. The lowest BCUT2D eigenvalue weighted by atomic mass is 9.96. The number of fused-ring (bicyclic) bond motifs is 1. The Hall–Kier alpha value is -1.90. The van der Waals surface area contributed by atoms with E-state index in [1.54, 1.807) is 14.2 Å². The van der Waals surface area contributed by atoms with Gasteiger partial charge in [0.15, 0.2) is 0 Å². The number of methoxy groups -OCH3 is 2. The number of benzene rings is 2. The van der Waals surface area contributed by atoms with Gasteiger partial charge in [-0.05, 0) is 17.2 Å². The average Bonchev–Trinajstić information content (AvgIpc) is 2.83. The second kappa shape index (κ2) is 4.65. The molecule has 0 unspecified atom stereocenters. The van der Waals surface area contributed by atoms with E-state index in [-0.39, 0.29) is 0 Å². The van der Waals surface area contributed by atoms with Crippen molar-refractivity contribution in [1.82, 2.24) is 0 Å². The van der Waals surface area contributed by atoms with E-state index < -0.39 is 5.79 Å². The number of hydrogen-bond donors (Lipinski definition) is 0. The van der Waals surface area contributed by atoms with E-state index in [0.29, 0.717) is 0 Å². The Morgan fingerprint density at radius 3 is 2.11 bits per heavy atom. The fourth-order valence-electron chi connectivity index (χ4n) is 2.73. The zero-order chi connectivity index (χ0) is 13.3. The Morgan fingerprint density at radius 1 is 0.789 bits per heavy atom. The lowest BCUT2D eigenvalue weighted by Gasteiger charge is -2.31. The summed E-state index contributed by atoms with van der Waals surface area (Å²) < 4.78 is 11.5. The molecular formula is C17H16O2. The number of hydrogen-bond acceptors (Lipinski definition) is 2. The second-order valence-corrected chi connectivity index (χ2v) is 4.54. The lowest BCUT2D eigenvalue weighted by molar-refractivity contribution is -0.167. The van der Waals surface area contributed by atoms with E-state index in [1.807, 2.05) is 30.3 Å². The smallest absolute Gasteiger partial charge is 0.223 e. The normalized spacial score (nSPS) is 16.0. The number of rotatable bonds is 3. The highest BCUT2D eigenvalue weighted by molar-refractivity contribution is 5.92. The zero-order valence-corrected chi connectivity index (χ0v) is 11.1. The van der Waals surface area contributed by atoms with Gasteiger partial charge in [0, 0.05) is 25.4 Å². The molecule has 0 bridgehead atoms. The van der Waals surface area contributed by atoms with Crippen LogP contribution in [0.4, 0.5) is 0 Å². The van der Waals surface area contributed by atoms with E-state index in [0.717, 1.165) is 22.3 Å². The Balaban J connectivity index is 2.21. The Morgan fingerprint density at radius 2 is 1.42 bits per heavy atom. The summed E-state index contributed by atoms with van der Waals surface area (Å²) in [6.45, 7) is 0.